The maximum Gasteiger partial charge on any atom is 0.0284 e. The molecule has 0 aromatic heterocycles. The van der Waals surface area contributed by atoms with Crippen molar-refractivity contribution in [3.05, 3.63) is 0 Å². The Labute approximate surface area is 108 Å². The van der Waals surface area contributed by atoms with Crippen LogP contribution in [0, 0.1) is 10.8 Å². The molecule has 0 N–H and O–H groups in total. The van der Waals surface area contributed by atoms with Crippen LogP contribution in [0.3, 0.4) is 0 Å². The first kappa shape index (κ1) is 15.0. The predicted molar refractivity (Wildman–Crippen MR) is 79.3 cm³/mol. The number of hydrogen-bond donors (Lipinski definition) is 0. The van der Waals surface area contributed by atoms with Gasteiger partial charge in [-0.15, -0.1) is 0 Å². The molecular weight excluding hydrogens is 230 g/mol. The van der Waals surface area contributed by atoms with E-state index < -0.39 is 9.52 Å². The average Bonchev–Trinajstić information content (AvgIpc) is 2.14. The molecule has 0 aromatic rings. The predicted octanol–water partition coefficient (Wildman–Crippen LogP) is 2.48. The van der Waals surface area contributed by atoms with E-state index in [0.717, 1.165) is 25.4 Å². The summed E-state index contributed by atoms with van der Waals surface area (Å²) in [7, 11) is -1.82. The van der Waals surface area contributed by atoms with Crippen molar-refractivity contribution in [1.82, 2.24) is 4.90 Å². The highest BCUT2D eigenvalue weighted by Gasteiger charge is 2.39. The van der Waals surface area contributed by atoms with Gasteiger partial charge >= 0.3 is 0 Å². The molecule has 1 unspecified atom stereocenters. The first-order valence-electron chi connectivity index (χ1n) is 6.56. The van der Waals surface area contributed by atoms with Crippen molar-refractivity contribution in [3.63, 3.8) is 0 Å². The summed E-state index contributed by atoms with van der Waals surface area (Å²) in [6, 6.07) is 0. The van der Waals surface area contributed by atoms with Gasteiger partial charge in [0.25, 0.3) is 0 Å². The van der Waals surface area contributed by atoms with Crippen molar-refractivity contribution in [2.75, 3.05) is 31.6 Å². The Balaban J connectivity index is 2.46. The van der Waals surface area contributed by atoms with Crippen molar-refractivity contribution in [1.29, 1.82) is 0 Å². The lowest BCUT2D eigenvalue weighted by atomic mass is 9.63. The van der Waals surface area contributed by atoms with E-state index in [1.807, 2.05) is 0 Å². The molecule has 0 bridgehead atoms. The molecule has 1 heterocycles. The molecule has 1 atom stereocenters. The van der Waals surface area contributed by atoms with Gasteiger partial charge in [0.15, 0.2) is 0 Å². The zero-order valence-electron chi connectivity index (χ0n) is 12.2. The van der Waals surface area contributed by atoms with Crippen LogP contribution in [0.1, 0.15) is 40.5 Å². The van der Waals surface area contributed by atoms with Crippen LogP contribution in [0.15, 0.2) is 0 Å². The minimum absolute atomic E-state index is 0.379. The second-order valence-corrected chi connectivity index (χ2v) is 9.82. The molecule has 0 aromatic carbocycles. The SMILES string of the molecule is C=S(C)(=O)CCN1CCC(C)(C(C)(C)C)CC1. The van der Waals surface area contributed by atoms with E-state index in [1.54, 1.807) is 6.26 Å². The van der Waals surface area contributed by atoms with Gasteiger partial charge in [0.05, 0.1) is 0 Å². The van der Waals surface area contributed by atoms with E-state index >= 15 is 0 Å². The monoisotopic (exact) mass is 259 g/mol. The summed E-state index contributed by atoms with van der Waals surface area (Å²) in [5.41, 5.74) is 0.825. The third-order valence-corrected chi connectivity index (χ3v) is 5.66. The second-order valence-electron chi connectivity index (χ2n) is 7.04. The van der Waals surface area contributed by atoms with Crippen molar-refractivity contribution >= 4 is 15.4 Å². The third-order valence-electron chi connectivity index (χ3n) is 4.61. The minimum atomic E-state index is -1.82. The molecule has 0 amide bonds. The van der Waals surface area contributed by atoms with Gasteiger partial charge in [-0.3, -0.25) is 4.21 Å². The first-order chi connectivity index (χ1) is 7.54. The summed E-state index contributed by atoms with van der Waals surface area (Å²) in [5, 5.41) is 0. The van der Waals surface area contributed by atoms with Crippen LogP contribution in [0.25, 0.3) is 0 Å². The summed E-state index contributed by atoms with van der Waals surface area (Å²) >= 11 is 0. The molecule has 3 heteroatoms. The summed E-state index contributed by atoms with van der Waals surface area (Å²) in [5.74, 6) is 4.46. The third kappa shape index (κ3) is 4.29. The Hall–Kier alpha value is -0.0200. The minimum Gasteiger partial charge on any atom is -0.302 e. The Morgan fingerprint density at radius 1 is 1.29 bits per heavy atom. The molecule has 1 aliphatic heterocycles. The van der Waals surface area contributed by atoms with Crippen LogP contribution in [-0.2, 0) is 9.52 Å². The van der Waals surface area contributed by atoms with Crippen molar-refractivity contribution in [3.8, 4) is 0 Å². The smallest absolute Gasteiger partial charge is 0.0284 e. The molecule has 2 nitrogen and oxygen atoms in total. The van der Waals surface area contributed by atoms with Crippen LogP contribution >= 0.6 is 0 Å². The summed E-state index contributed by atoms with van der Waals surface area (Å²) in [4.78, 5) is 2.45. The van der Waals surface area contributed by atoms with Crippen LogP contribution in [-0.4, -0.2) is 46.6 Å². The van der Waals surface area contributed by atoms with Crippen molar-refractivity contribution in [2.45, 2.75) is 40.5 Å². The molecule has 1 rings (SSSR count). The van der Waals surface area contributed by atoms with Crippen molar-refractivity contribution < 1.29 is 4.21 Å². The Morgan fingerprint density at radius 2 is 1.76 bits per heavy atom. The van der Waals surface area contributed by atoms with Crippen LogP contribution in [0.5, 0.6) is 0 Å². The molecule has 0 aliphatic carbocycles. The van der Waals surface area contributed by atoms with Crippen LogP contribution in [0.2, 0.25) is 0 Å². The summed E-state index contributed by atoms with van der Waals surface area (Å²) in [6.07, 6.45) is 4.26. The molecule has 1 aliphatic rings. The van der Waals surface area contributed by atoms with Crippen LogP contribution in [0.4, 0.5) is 0 Å². The standard InChI is InChI=1S/C14H29NOS/c1-13(2,3)14(4)7-9-15(10-8-14)11-12-17(5,6)16/h5,7-12H2,1-4,6H3. The average molecular weight is 259 g/mol. The van der Waals surface area contributed by atoms with Gasteiger partial charge in [0.2, 0.25) is 0 Å². The zero-order chi connectivity index (χ0) is 13.3. The summed E-state index contributed by atoms with van der Waals surface area (Å²) in [6.45, 7) is 12.7. The van der Waals surface area contributed by atoms with Gasteiger partial charge in [-0.05, 0) is 52.2 Å². The lowest BCUT2D eigenvalue weighted by Gasteiger charge is -2.48. The molecule has 17 heavy (non-hydrogen) atoms. The van der Waals surface area contributed by atoms with Gasteiger partial charge in [-0.1, -0.05) is 27.7 Å². The van der Waals surface area contributed by atoms with Gasteiger partial charge in [0, 0.05) is 18.6 Å². The van der Waals surface area contributed by atoms with E-state index in [0.29, 0.717) is 10.8 Å². The number of rotatable bonds is 3. The molecule has 102 valence electrons. The Kier molecular flexibility index (Phi) is 4.36. The molecule has 0 saturated carbocycles. The Bertz CT molecular complexity index is 343. The van der Waals surface area contributed by atoms with E-state index in [1.165, 1.54) is 12.8 Å². The number of piperidine rings is 1. The highest BCUT2D eigenvalue weighted by atomic mass is 32.2. The van der Waals surface area contributed by atoms with E-state index in [-0.39, 0.29) is 0 Å². The molecule has 0 radical (unpaired) electrons. The van der Waals surface area contributed by atoms with Crippen molar-refractivity contribution in [2.24, 2.45) is 10.8 Å². The lowest BCUT2D eigenvalue weighted by Crippen LogP contribution is -2.45. The first-order valence-corrected chi connectivity index (χ1v) is 8.86. The quantitative estimate of drug-likeness (QED) is 0.726. The fourth-order valence-corrected chi connectivity index (χ4v) is 2.99. The molecule has 1 saturated heterocycles. The highest BCUT2D eigenvalue weighted by Crippen LogP contribution is 2.46. The topological polar surface area (TPSA) is 20.3 Å². The zero-order valence-corrected chi connectivity index (χ0v) is 13.0. The Morgan fingerprint density at radius 3 is 2.12 bits per heavy atom. The van der Waals surface area contributed by atoms with Gasteiger partial charge in [-0.25, -0.2) is 0 Å². The van der Waals surface area contributed by atoms with Crippen LogP contribution < -0.4 is 0 Å². The van der Waals surface area contributed by atoms with Gasteiger partial charge < -0.3 is 4.90 Å². The highest BCUT2D eigenvalue weighted by molar-refractivity contribution is 7.99. The number of likely N-dealkylation sites (tertiary alicyclic amines) is 1. The lowest BCUT2D eigenvalue weighted by molar-refractivity contribution is 0.0245. The van der Waals surface area contributed by atoms with Gasteiger partial charge in [-0.2, -0.15) is 0 Å². The number of hydrogen-bond acceptors (Lipinski definition) is 2. The molecular formula is C14H29NOS. The van der Waals surface area contributed by atoms with E-state index in [4.69, 9.17) is 0 Å². The fraction of sp³-hybridized carbons (Fsp3) is 0.929. The largest absolute Gasteiger partial charge is 0.302 e. The normalized spacial score (nSPS) is 25.5. The summed E-state index contributed by atoms with van der Waals surface area (Å²) < 4.78 is 11.6. The van der Waals surface area contributed by atoms with E-state index in [9.17, 15) is 4.21 Å². The molecule has 1 fully saturated rings. The van der Waals surface area contributed by atoms with Gasteiger partial charge in [0.1, 0.15) is 0 Å². The maximum absolute atomic E-state index is 11.6. The maximum atomic E-state index is 11.6. The van der Waals surface area contributed by atoms with E-state index in [2.05, 4.69) is 38.5 Å². The second kappa shape index (κ2) is 4.93. The number of nitrogens with zero attached hydrogens (tertiary/aromatic N) is 1. The molecule has 0 spiro atoms. The fourth-order valence-electron chi connectivity index (χ4n) is 2.34.